The first kappa shape index (κ1) is 19.6. The number of nitrogens with zero attached hydrogens (tertiary/aromatic N) is 1. The molecule has 0 radical (unpaired) electrons. The van der Waals surface area contributed by atoms with Gasteiger partial charge in [-0.3, -0.25) is 9.59 Å². The maximum atomic E-state index is 13.4. The summed E-state index contributed by atoms with van der Waals surface area (Å²) in [4.78, 5) is 28.1. The molecule has 1 aliphatic rings. The molecule has 0 spiro atoms. The zero-order valence-corrected chi connectivity index (χ0v) is 17.4. The van der Waals surface area contributed by atoms with E-state index in [1.54, 1.807) is 0 Å². The monoisotopic (exact) mass is 396 g/mol. The van der Waals surface area contributed by atoms with Crippen LogP contribution in [0.3, 0.4) is 0 Å². The second kappa shape index (κ2) is 7.99. The SMILES string of the molecule is CCc1ccc(N2C(=O)C(Nc3ccc(C)cc3)=C(c3ccc(C)cc3)C2=O)cc1. The van der Waals surface area contributed by atoms with Gasteiger partial charge in [0, 0.05) is 5.69 Å². The molecule has 0 aliphatic carbocycles. The Morgan fingerprint density at radius 1 is 0.733 bits per heavy atom. The molecule has 0 fully saturated rings. The lowest BCUT2D eigenvalue weighted by molar-refractivity contribution is -0.120. The van der Waals surface area contributed by atoms with Crippen molar-refractivity contribution >= 4 is 28.8 Å². The Labute approximate surface area is 176 Å². The minimum atomic E-state index is -0.347. The highest BCUT2D eigenvalue weighted by atomic mass is 16.2. The average molecular weight is 396 g/mol. The summed E-state index contributed by atoms with van der Waals surface area (Å²) in [6, 6.07) is 23.0. The average Bonchev–Trinajstić information content (AvgIpc) is 3.00. The smallest absolute Gasteiger partial charge is 0.282 e. The minimum Gasteiger partial charge on any atom is -0.350 e. The van der Waals surface area contributed by atoms with Crippen LogP contribution in [0.1, 0.15) is 29.2 Å². The number of rotatable bonds is 5. The summed E-state index contributed by atoms with van der Waals surface area (Å²) < 4.78 is 0. The molecule has 0 saturated heterocycles. The standard InChI is InChI=1S/C26H24N2O2/c1-4-19-9-15-22(16-10-19)28-25(29)23(20-11-5-17(2)6-12-20)24(26(28)30)27-21-13-7-18(3)8-14-21/h5-16,27H,4H2,1-3H3. The molecule has 150 valence electrons. The van der Waals surface area contributed by atoms with Gasteiger partial charge in [-0.05, 0) is 55.7 Å². The van der Waals surface area contributed by atoms with E-state index in [9.17, 15) is 9.59 Å². The first-order chi connectivity index (χ1) is 14.5. The van der Waals surface area contributed by atoms with E-state index in [2.05, 4.69) is 12.2 Å². The number of hydrogen-bond acceptors (Lipinski definition) is 3. The van der Waals surface area contributed by atoms with Gasteiger partial charge < -0.3 is 5.32 Å². The number of amides is 2. The van der Waals surface area contributed by atoms with Crippen LogP contribution in [0.4, 0.5) is 11.4 Å². The van der Waals surface area contributed by atoms with Crippen molar-refractivity contribution in [1.82, 2.24) is 0 Å². The number of imide groups is 1. The lowest BCUT2D eigenvalue weighted by Crippen LogP contribution is -2.32. The summed E-state index contributed by atoms with van der Waals surface area (Å²) in [5.74, 6) is -0.664. The molecule has 0 saturated carbocycles. The van der Waals surface area contributed by atoms with Crippen molar-refractivity contribution in [1.29, 1.82) is 0 Å². The highest BCUT2D eigenvalue weighted by Crippen LogP contribution is 2.34. The fraction of sp³-hybridized carbons (Fsp3) is 0.154. The Bertz CT molecular complexity index is 1130. The molecule has 4 rings (SSSR count). The third-order valence-corrected chi connectivity index (χ3v) is 5.35. The van der Waals surface area contributed by atoms with E-state index in [1.807, 2.05) is 86.6 Å². The zero-order chi connectivity index (χ0) is 21.3. The quantitative estimate of drug-likeness (QED) is 0.598. The van der Waals surface area contributed by atoms with Crippen LogP contribution in [0.15, 0.2) is 78.5 Å². The number of hydrogen-bond donors (Lipinski definition) is 1. The maximum absolute atomic E-state index is 13.4. The summed E-state index contributed by atoms with van der Waals surface area (Å²) >= 11 is 0. The highest BCUT2D eigenvalue weighted by molar-refractivity contribution is 6.46. The molecule has 3 aromatic carbocycles. The largest absolute Gasteiger partial charge is 0.350 e. The van der Waals surface area contributed by atoms with Gasteiger partial charge in [0.15, 0.2) is 0 Å². The molecule has 4 nitrogen and oxygen atoms in total. The molecular formula is C26H24N2O2. The molecular weight excluding hydrogens is 372 g/mol. The van der Waals surface area contributed by atoms with Crippen LogP contribution in [0.25, 0.3) is 5.57 Å². The van der Waals surface area contributed by atoms with Gasteiger partial charge in [-0.1, -0.05) is 66.6 Å². The Hall–Kier alpha value is -3.66. The highest BCUT2D eigenvalue weighted by Gasteiger charge is 2.40. The number of aryl methyl sites for hydroxylation is 3. The fourth-order valence-corrected chi connectivity index (χ4v) is 3.53. The zero-order valence-electron chi connectivity index (χ0n) is 17.4. The minimum absolute atomic E-state index is 0.298. The van der Waals surface area contributed by atoms with Crippen LogP contribution in [0.5, 0.6) is 0 Å². The van der Waals surface area contributed by atoms with Crippen molar-refractivity contribution in [3.8, 4) is 0 Å². The van der Waals surface area contributed by atoms with Crippen molar-refractivity contribution < 1.29 is 9.59 Å². The van der Waals surface area contributed by atoms with Crippen molar-refractivity contribution in [3.05, 3.63) is 101 Å². The molecule has 0 unspecified atom stereocenters. The van der Waals surface area contributed by atoms with Gasteiger partial charge >= 0.3 is 0 Å². The Morgan fingerprint density at radius 2 is 1.30 bits per heavy atom. The molecule has 1 heterocycles. The van der Waals surface area contributed by atoms with Crippen LogP contribution in [-0.4, -0.2) is 11.8 Å². The van der Waals surface area contributed by atoms with E-state index in [0.717, 1.165) is 34.4 Å². The summed E-state index contributed by atoms with van der Waals surface area (Å²) in [7, 11) is 0. The Morgan fingerprint density at radius 3 is 1.87 bits per heavy atom. The predicted molar refractivity (Wildman–Crippen MR) is 121 cm³/mol. The van der Waals surface area contributed by atoms with E-state index in [1.165, 1.54) is 4.90 Å². The molecule has 0 atom stereocenters. The predicted octanol–water partition coefficient (Wildman–Crippen LogP) is 5.26. The third-order valence-electron chi connectivity index (χ3n) is 5.35. The Balaban J connectivity index is 1.78. The van der Waals surface area contributed by atoms with Gasteiger partial charge in [-0.2, -0.15) is 0 Å². The van der Waals surface area contributed by atoms with Crippen molar-refractivity contribution in [3.63, 3.8) is 0 Å². The summed E-state index contributed by atoms with van der Waals surface area (Å²) in [6.07, 6.45) is 0.898. The fourth-order valence-electron chi connectivity index (χ4n) is 3.53. The number of carbonyl (C=O) groups excluding carboxylic acids is 2. The van der Waals surface area contributed by atoms with Crippen LogP contribution in [-0.2, 0) is 16.0 Å². The second-order valence-corrected chi connectivity index (χ2v) is 7.57. The van der Waals surface area contributed by atoms with E-state index >= 15 is 0 Å². The van der Waals surface area contributed by atoms with E-state index in [4.69, 9.17) is 0 Å². The van der Waals surface area contributed by atoms with Crippen LogP contribution >= 0.6 is 0 Å². The summed E-state index contributed by atoms with van der Waals surface area (Å²) in [6.45, 7) is 6.07. The Kier molecular flexibility index (Phi) is 5.23. The molecule has 0 bridgehead atoms. The van der Waals surface area contributed by atoms with Crippen molar-refractivity contribution in [2.45, 2.75) is 27.2 Å². The van der Waals surface area contributed by atoms with Gasteiger partial charge in [0.1, 0.15) is 5.70 Å². The van der Waals surface area contributed by atoms with Crippen LogP contribution in [0.2, 0.25) is 0 Å². The van der Waals surface area contributed by atoms with Gasteiger partial charge in [-0.25, -0.2) is 4.90 Å². The lowest BCUT2D eigenvalue weighted by atomic mass is 10.0. The first-order valence-electron chi connectivity index (χ1n) is 10.1. The maximum Gasteiger partial charge on any atom is 0.282 e. The van der Waals surface area contributed by atoms with Gasteiger partial charge in [-0.15, -0.1) is 0 Å². The second-order valence-electron chi connectivity index (χ2n) is 7.57. The number of carbonyl (C=O) groups is 2. The van der Waals surface area contributed by atoms with Gasteiger partial charge in [0.25, 0.3) is 11.8 Å². The molecule has 4 heteroatoms. The molecule has 2 amide bonds. The molecule has 0 aromatic heterocycles. The van der Waals surface area contributed by atoms with E-state index in [0.29, 0.717) is 17.0 Å². The molecule has 30 heavy (non-hydrogen) atoms. The summed E-state index contributed by atoms with van der Waals surface area (Å²) in [5.41, 5.74) is 6.13. The third kappa shape index (κ3) is 3.64. The van der Waals surface area contributed by atoms with Gasteiger partial charge in [0.2, 0.25) is 0 Å². The first-order valence-corrected chi connectivity index (χ1v) is 10.1. The van der Waals surface area contributed by atoms with Crippen molar-refractivity contribution in [2.24, 2.45) is 0 Å². The normalized spacial score (nSPS) is 13.9. The molecule has 1 aliphatic heterocycles. The lowest BCUT2D eigenvalue weighted by Gasteiger charge is -2.16. The molecule has 1 N–H and O–H groups in total. The molecule has 3 aromatic rings. The topological polar surface area (TPSA) is 49.4 Å². The van der Waals surface area contributed by atoms with Crippen LogP contribution < -0.4 is 10.2 Å². The van der Waals surface area contributed by atoms with E-state index in [-0.39, 0.29) is 11.8 Å². The van der Waals surface area contributed by atoms with Crippen molar-refractivity contribution in [2.75, 3.05) is 10.2 Å². The van der Waals surface area contributed by atoms with Gasteiger partial charge in [0.05, 0.1) is 11.3 Å². The number of anilines is 2. The number of benzene rings is 3. The van der Waals surface area contributed by atoms with Crippen LogP contribution in [0, 0.1) is 13.8 Å². The summed E-state index contributed by atoms with van der Waals surface area (Å²) in [5, 5.41) is 3.20. The van der Waals surface area contributed by atoms with E-state index < -0.39 is 0 Å². The number of nitrogens with one attached hydrogen (secondary N) is 1.